The molecule has 0 rings (SSSR count). The summed E-state index contributed by atoms with van der Waals surface area (Å²) in [7, 11) is 6.48. The maximum atomic E-state index is 2.45. The van der Waals surface area contributed by atoms with Gasteiger partial charge in [0.1, 0.15) is 0 Å². The van der Waals surface area contributed by atoms with Crippen molar-refractivity contribution in [1.29, 1.82) is 0 Å². The van der Waals surface area contributed by atoms with Crippen molar-refractivity contribution in [2.24, 2.45) is 5.92 Å². The number of hydrogen-bond donors (Lipinski definition) is 0. The summed E-state index contributed by atoms with van der Waals surface area (Å²) in [5, 5.41) is 0. The van der Waals surface area contributed by atoms with Crippen LogP contribution in [0.4, 0.5) is 0 Å². The van der Waals surface area contributed by atoms with E-state index in [9.17, 15) is 0 Å². The third-order valence-corrected chi connectivity index (χ3v) is 2.78. The maximum absolute atomic E-state index is 2.45. The molecular weight excluding hydrogens is 160 g/mol. The fourth-order valence-corrected chi connectivity index (χ4v) is 1.35. The molecule has 0 N–H and O–H groups in total. The SMILES string of the molecule is CC(C)C(C)N(C)CCCN(C)C. The summed E-state index contributed by atoms with van der Waals surface area (Å²) < 4.78 is 0. The van der Waals surface area contributed by atoms with E-state index in [2.05, 4.69) is 51.7 Å². The molecule has 0 aromatic carbocycles. The van der Waals surface area contributed by atoms with E-state index >= 15 is 0 Å². The molecule has 80 valence electrons. The Balaban J connectivity index is 3.55. The maximum Gasteiger partial charge on any atom is 0.00868 e. The first-order valence-corrected chi connectivity index (χ1v) is 5.30. The molecule has 13 heavy (non-hydrogen) atoms. The van der Waals surface area contributed by atoms with Crippen LogP contribution in [0.1, 0.15) is 27.2 Å². The second kappa shape index (κ2) is 6.39. The number of hydrogen-bond acceptors (Lipinski definition) is 2. The topological polar surface area (TPSA) is 6.48 Å². The van der Waals surface area contributed by atoms with E-state index in [1.807, 2.05) is 0 Å². The lowest BCUT2D eigenvalue weighted by Gasteiger charge is -2.28. The standard InChI is InChI=1S/C11H26N2/c1-10(2)11(3)13(6)9-7-8-12(4)5/h10-11H,7-9H2,1-6H3. The first kappa shape index (κ1) is 12.9. The van der Waals surface area contributed by atoms with Crippen molar-refractivity contribution in [1.82, 2.24) is 9.80 Å². The van der Waals surface area contributed by atoms with Gasteiger partial charge in [0.2, 0.25) is 0 Å². The zero-order valence-corrected chi connectivity index (χ0v) is 10.2. The molecule has 0 aliphatic heterocycles. The highest BCUT2D eigenvalue weighted by Gasteiger charge is 2.11. The van der Waals surface area contributed by atoms with Crippen molar-refractivity contribution < 1.29 is 0 Å². The Morgan fingerprint density at radius 3 is 1.85 bits per heavy atom. The summed E-state index contributed by atoms with van der Waals surface area (Å²) in [6.45, 7) is 9.27. The van der Waals surface area contributed by atoms with Crippen LogP contribution in [0.25, 0.3) is 0 Å². The Morgan fingerprint density at radius 2 is 1.46 bits per heavy atom. The van der Waals surface area contributed by atoms with Gasteiger partial charge in [0.15, 0.2) is 0 Å². The van der Waals surface area contributed by atoms with Gasteiger partial charge < -0.3 is 9.80 Å². The molecule has 2 nitrogen and oxygen atoms in total. The van der Waals surface area contributed by atoms with Crippen LogP contribution in [-0.2, 0) is 0 Å². The first-order chi connectivity index (χ1) is 5.95. The molecule has 0 saturated carbocycles. The zero-order chi connectivity index (χ0) is 10.4. The van der Waals surface area contributed by atoms with Gasteiger partial charge >= 0.3 is 0 Å². The quantitative estimate of drug-likeness (QED) is 0.625. The van der Waals surface area contributed by atoms with E-state index in [1.165, 1.54) is 19.5 Å². The first-order valence-electron chi connectivity index (χ1n) is 5.30. The van der Waals surface area contributed by atoms with Gasteiger partial charge in [-0.1, -0.05) is 13.8 Å². The van der Waals surface area contributed by atoms with Crippen LogP contribution in [0.3, 0.4) is 0 Å². The van der Waals surface area contributed by atoms with Gasteiger partial charge in [0.05, 0.1) is 0 Å². The Kier molecular flexibility index (Phi) is 6.35. The summed E-state index contributed by atoms with van der Waals surface area (Å²) in [4.78, 5) is 4.70. The smallest absolute Gasteiger partial charge is 0.00868 e. The molecule has 0 bridgehead atoms. The largest absolute Gasteiger partial charge is 0.309 e. The average molecular weight is 186 g/mol. The van der Waals surface area contributed by atoms with Gasteiger partial charge in [-0.2, -0.15) is 0 Å². The second-order valence-electron chi connectivity index (χ2n) is 4.62. The zero-order valence-electron chi connectivity index (χ0n) is 10.2. The predicted octanol–water partition coefficient (Wildman–Crippen LogP) is 1.91. The lowest BCUT2D eigenvalue weighted by molar-refractivity contribution is 0.199. The Hall–Kier alpha value is -0.0800. The lowest BCUT2D eigenvalue weighted by Crippen LogP contribution is -2.35. The van der Waals surface area contributed by atoms with Crippen LogP contribution >= 0.6 is 0 Å². The van der Waals surface area contributed by atoms with Crippen molar-refractivity contribution in [3.63, 3.8) is 0 Å². The predicted molar refractivity (Wildman–Crippen MR) is 60.1 cm³/mol. The van der Waals surface area contributed by atoms with Crippen LogP contribution in [0.2, 0.25) is 0 Å². The molecule has 0 aliphatic rings. The van der Waals surface area contributed by atoms with E-state index in [0.717, 1.165) is 5.92 Å². The van der Waals surface area contributed by atoms with Crippen LogP contribution in [0, 0.1) is 5.92 Å². The molecule has 0 saturated heterocycles. The highest BCUT2D eigenvalue weighted by Crippen LogP contribution is 2.07. The third kappa shape index (κ3) is 6.05. The molecule has 1 unspecified atom stereocenters. The highest BCUT2D eigenvalue weighted by atomic mass is 15.1. The molecule has 0 spiro atoms. The third-order valence-electron chi connectivity index (χ3n) is 2.78. The molecule has 0 fully saturated rings. The van der Waals surface area contributed by atoms with Crippen molar-refractivity contribution in [3.05, 3.63) is 0 Å². The van der Waals surface area contributed by atoms with Gasteiger partial charge in [-0.15, -0.1) is 0 Å². The molecule has 0 radical (unpaired) electrons. The summed E-state index contributed by atoms with van der Waals surface area (Å²) in [5.41, 5.74) is 0. The summed E-state index contributed by atoms with van der Waals surface area (Å²) >= 11 is 0. The van der Waals surface area contributed by atoms with E-state index in [0.29, 0.717) is 6.04 Å². The molecule has 1 atom stereocenters. The minimum atomic E-state index is 0.696. The molecule has 0 aromatic heterocycles. The van der Waals surface area contributed by atoms with Gasteiger partial charge in [0.25, 0.3) is 0 Å². The van der Waals surface area contributed by atoms with Crippen molar-refractivity contribution in [2.75, 3.05) is 34.2 Å². The van der Waals surface area contributed by atoms with Crippen LogP contribution in [0.15, 0.2) is 0 Å². The average Bonchev–Trinajstić information content (AvgIpc) is 2.02. The summed E-state index contributed by atoms with van der Waals surface area (Å²) in [5.74, 6) is 0.754. The Bertz CT molecular complexity index is 121. The van der Waals surface area contributed by atoms with E-state index in [1.54, 1.807) is 0 Å². The summed E-state index contributed by atoms with van der Waals surface area (Å²) in [6, 6.07) is 0.696. The normalized spacial score (nSPS) is 14.5. The Morgan fingerprint density at radius 1 is 0.923 bits per heavy atom. The van der Waals surface area contributed by atoms with Gasteiger partial charge in [-0.25, -0.2) is 0 Å². The van der Waals surface area contributed by atoms with Gasteiger partial charge in [-0.05, 0) is 53.5 Å². The monoisotopic (exact) mass is 186 g/mol. The van der Waals surface area contributed by atoms with Crippen LogP contribution in [0.5, 0.6) is 0 Å². The molecule has 0 aliphatic carbocycles. The molecule has 0 aromatic rings. The lowest BCUT2D eigenvalue weighted by atomic mass is 10.1. The van der Waals surface area contributed by atoms with Crippen molar-refractivity contribution >= 4 is 0 Å². The number of nitrogens with zero attached hydrogens (tertiary/aromatic N) is 2. The molecule has 2 heteroatoms. The van der Waals surface area contributed by atoms with E-state index in [4.69, 9.17) is 0 Å². The molecular formula is C11H26N2. The molecule has 0 heterocycles. The minimum Gasteiger partial charge on any atom is -0.309 e. The highest BCUT2D eigenvalue weighted by molar-refractivity contribution is 4.66. The number of rotatable bonds is 6. The van der Waals surface area contributed by atoms with Crippen LogP contribution in [-0.4, -0.2) is 50.1 Å². The fraction of sp³-hybridized carbons (Fsp3) is 1.00. The fourth-order valence-electron chi connectivity index (χ4n) is 1.35. The molecule has 0 amide bonds. The van der Waals surface area contributed by atoms with Crippen molar-refractivity contribution in [2.45, 2.75) is 33.2 Å². The summed E-state index contributed by atoms with van der Waals surface area (Å²) in [6.07, 6.45) is 1.26. The second-order valence-corrected chi connectivity index (χ2v) is 4.62. The van der Waals surface area contributed by atoms with E-state index in [-0.39, 0.29) is 0 Å². The van der Waals surface area contributed by atoms with Gasteiger partial charge in [-0.3, -0.25) is 0 Å². The van der Waals surface area contributed by atoms with Gasteiger partial charge in [0, 0.05) is 6.04 Å². The van der Waals surface area contributed by atoms with E-state index < -0.39 is 0 Å². The Labute approximate surface area is 83.9 Å². The minimum absolute atomic E-state index is 0.696. The van der Waals surface area contributed by atoms with Crippen molar-refractivity contribution in [3.8, 4) is 0 Å². The van der Waals surface area contributed by atoms with Crippen LogP contribution < -0.4 is 0 Å².